The summed E-state index contributed by atoms with van der Waals surface area (Å²) in [7, 11) is 0. The van der Waals surface area contributed by atoms with E-state index < -0.39 is 23.4 Å². The fourth-order valence-corrected chi connectivity index (χ4v) is 1.91. The van der Waals surface area contributed by atoms with Gasteiger partial charge in [0.2, 0.25) is 17.3 Å². The number of ether oxygens (including phenoxy) is 2. The second kappa shape index (κ2) is 4.82. The highest BCUT2D eigenvalue weighted by Crippen LogP contribution is 2.34. The van der Waals surface area contributed by atoms with Gasteiger partial charge in [-0.15, -0.1) is 0 Å². The SMILES string of the molecule is O=C(O)c1nc(-c2ccc3c(c2)OCCO3)oc1C(=O)O. The third kappa shape index (κ3) is 2.27. The molecule has 0 aliphatic carbocycles. The van der Waals surface area contributed by atoms with Crippen molar-refractivity contribution in [2.75, 3.05) is 13.2 Å². The van der Waals surface area contributed by atoms with Gasteiger partial charge in [-0.2, -0.15) is 0 Å². The summed E-state index contributed by atoms with van der Waals surface area (Å²) in [5, 5.41) is 17.9. The van der Waals surface area contributed by atoms with Crippen LogP contribution in [-0.2, 0) is 0 Å². The first-order valence-electron chi connectivity index (χ1n) is 5.93. The van der Waals surface area contributed by atoms with E-state index >= 15 is 0 Å². The zero-order valence-corrected chi connectivity index (χ0v) is 10.5. The van der Waals surface area contributed by atoms with Crippen LogP contribution < -0.4 is 9.47 Å². The number of hydrogen-bond acceptors (Lipinski definition) is 6. The number of carboxylic acids is 2. The number of rotatable bonds is 3. The summed E-state index contributed by atoms with van der Waals surface area (Å²) in [4.78, 5) is 25.6. The molecular formula is C13H9NO7. The molecule has 0 saturated heterocycles. The lowest BCUT2D eigenvalue weighted by Gasteiger charge is -2.18. The molecule has 2 aromatic rings. The van der Waals surface area contributed by atoms with Crippen molar-refractivity contribution >= 4 is 11.9 Å². The molecule has 8 nitrogen and oxygen atoms in total. The standard InChI is InChI=1S/C13H9NO7/c15-12(16)9-10(13(17)18)21-11(14-9)6-1-2-7-8(5-6)20-4-3-19-7/h1-2,5H,3-4H2,(H,15,16)(H,17,18). The zero-order chi connectivity index (χ0) is 15.0. The van der Waals surface area contributed by atoms with E-state index in [9.17, 15) is 9.59 Å². The first kappa shape index (κ1) is 13.0. The predicted octanol–water partition coefficient (Wildman–Crippen LogP) is 1.51. The first-order valence-corrected chi connectivity index (χ1v) is 5.93. The van der Waals surface area contributed by atoms with Crippen molar-refractivity contribution < 1.29 is 33.7 Å². The second-order valence-electron chi connectivity index (χ2n) is 4.17. The summed E-state index contributed by atoms with van der Waals surface area (Å²) in [5.41, 5.74) is -0.248. The fraction of sp³-hybridized carbons (Fsp3) is 0.154. The molecule has 2 heterocycles. The molecule has 0 amide bonds. The van der Waals surface area contributed by atoms with Gasteiger partial charge in [0.05, 0.1) is 0 Å². The monoisotopic (exact) mass is 291 g/mol. The van der Waals surface area contributed by atoms with Crippen LogP contribution in [0.2, 0.25) is 0 Å². The van der Waals surface area contributed by atoms with E-state index in [0.29, 0.717) is 30.3 Å². The summed E-state index contributed by atoms with van der Waals surface area (Å²) in [6.07, 6.45) is 0. The topological polar surface area (TPSA) is 119 Å². The van der Waals surface area contributed by atoms with Gasteiger partial charge in [0.1, 0.15) is 13.2 Å². The largest absolute Gasteiger partial charge is 0.486 e. The Labute approximate surface area is 117 Å². The third-order valence-corrected chi connectivity index (χ3v) is 2.81. The van der Waals surface area contributed by atoms with Gasteiger partial charge in [-0.1, -0.05) is 0 Å². The highest BCUT2D eigenvalue weighted by atomic mass is 16.6. The third-order valence-electron chi connectivity index (χ3n) is 2.81. The number of carbonyl (C=O) groups is 2. The molecule has 21 heavy (non-hydrogen) atoms. The Balaban J connectivity index is 2.06. The van der Waals surface area contributed by atoms with Gasteiger partial charge in [0.15, 0.2) is 11.5 Å². The van der Waals surface area contributed by atoms with E-state index in [4.69, 9.17) is 24.1 Å². The van der Waals surface area contributed by atoms with Crippen molar-refractivity contribution in [2.45, 2.75) is 0 Å². The molecule has 8 heteroatoms. The molecule has 1 aliphatic rings. The Kier molecular flexibility index (Phi) is 2.98. The first-order chi connectivity index (χ1) is 10.1. The van der Waals surface area contributed by atoms with Crippen LogP contribution in [0.3, 0.4) is 0 Å². The van der Waals surface area contributed by atoms with Gasteiger partial charge in [-0.25, -0.2) is 14.6 Å². The Hall–Kier alpha value is -3.03. The average molecular weight is 291 g/mol. The minimum atomic E-state index is -1.50. The van der Waals surface area contributed by atoms with Gasteiger partial charge in [-0.3, -0.25) is 0 Å². The van der Waals surface area contributed by atoms with Crippen molar-refractivity contribution in [2.24, 2.45) is 0 Å². The Morgan fingerprint density at radius 3 is 2.38 bits per heavy atom. The van der Waals surface area contributed by atoms with Crippen molar-refractivity contribution in [3.05, 3.63) is 29.7 Å². The smallest absolute Gasteiger partial charge is 0.374 e. The van der Waals surface area contributed by atoms with Gasteiger partial charge in [0, 0.05) is 5.56 Å². The second-order valence-corrected chi connectivity index (χ2v) is 4.17. The number of aromatic nitrogens is 1. The zero-order valence-electron chi connectivity index (χ0n) is 10.5. The maximum absolute atomic E-state index is 11.0. The molecule has 108 valence electrons. The van der Waals surface area contributed by atoms with Gasteiger partial charge >= 0.3 is 11.9 Å². The summed E-state index contributed by atoms with van der Waals surface area (Å²) < 4.78 is 15.8. The molecule has 0 saturated carbocycles. The summed E-state index contributed by atoms with van der Waals surface area (Å²) in [6.45, 7) is 0.834. The molecule has 0 bridgehead atoms. The quantitative estimate of drug-likeness (QED) is 0.873. The van der Waals surface area contributed by atoms with Gasteiger partial charge in [-0.05, 0) is 18.2 Å². The number of nitrogens with zero attached hydrogens (tertiary/aromatic N) is 1. The van der Waals surface area contributed by atoms with Crippen LogP contribution in [0.25, 0.3) is 11.5 Å². The summed E-state index contributed by atoms with van der Waals surface area (Å²) >= 11 is 0. The summed E-state index contributed by atoms with van der Waals surface area (Å²) in [5.74, 6) is -2.78. The lowest BCUT2D eigenvalue weighted by molar-refractivity contribution is 0.0624. The number of benzene rings is 1. The van der Waals surface area contributed by atoms with Crippen LogP contribution >= 0.6 is 0 Å². The van der Waals surface area contributed by atoms with E-state index in [1.54, 1.807) is 18.2 Å². The normalized spacial score (nSPS) is 13.0. The highest BCUT2D eigenvalue weighted by Gasteiger charge is 2.26. The molecule has 0 fully saturated rings. The molecule has 0 radical (unpaired) electrons. The van der Waals surface area contributed by atoms with Crippen molar-refractivity contribution in [3.63, 3.8) is 0 Å². The minimum Gasteiger partial charge on any atom is -0.486 e. The highest BCUT2D eigenvalue weighted by molar-refractivity contribution is 5.98. The van der Waals surface area contributed by atoms with Crippen LogP contribution in [-0.4, -0.2) is 40.3 Å². The van der Waals surface area contributed by atoms with E-state index in [1.165, 1.54) is 0 Å². The molecule has 0 spiro atoms. The number of hydrogen-bond donors (Lipinski definition) is 2. The lowest BCUT2D eigenvalue weighted by Crippen LogP contribution is -2.15. The number of carboxylic acid groups (broad SMARTS) is 2. The molecule has 2 N–H and O–H groups in total. The molecule has 1 aromatic heterocycles. The van der Waals surface area contributed by atoms with Crippen molar-refractivity contribution in [1.29, 1.82) is 0 Å². The number of oxazole rings is 1. The maximum atomic E-state index is 11.0. The van der Waals surface area contributed by atoms with Crippen LogP contribution in [0, 0.1) is 0 Å². The van der Waals surface area contributed by atoms with Crippen LogP contribution in [0.15, 0.2) is 22.6 Å². The molecule has 0 atom stereocenters. The van der Waals surface area contributed by atoms with Crippen molar-refractivity contribution in [3.8, 4) is 23.0 Å². The lowest BCUT2D eigenvalue weighted by atomic mass is 10.2. The van der Waals surface area contributed by atoms with E-state index in [2.05, 4.69) is 4.98 Å². The molecule has 1 aliphatic heterocycles. The molecule has 0 unspecified atom stereocenters. The molecule has 1 aromatic carbocycles. The summed E-state index contributed by atoms with van der Waals surface area (Å²) in [6, 6.07) is 4.75. The van der Waals surface area contributed by atoms with E-state index in [1.807, 2.05) is 0 Å². The van der Waals surface area contributed by atoms with Crippen LogP contribution in [0.5, 0.6) is 11.5 Å². The molecule has 3 rings (SSSR count). The van der Waals surface area contributed by atoms with E-state index in [-0.39, 0.29) is 5.89 Å². The van der Waals surface area contributed by atoms with Crippen molar-refractivity contribution in [1.82, 2.24) is 4.98 Å². The number of fused-ring (bicyclic) bond motifs is 1. The maximum Gasteiger partial charge on any atom is 0.374 e. The number of aromatic carboxylic acids is 2. The van der Waals surface area contributed by atoms with Crippen LogP contribution in [0.4, 0.5) is 0 Å². The Morgan fingerprint density at radius 1 is 1.05 bits per heavy atom. The van der Waals surface area contributed by atoms with Crippen LogP contribution in [0.1, 0.15) is 21.0 Å². The minimum absolute atomic E-state index is 0.109. The van der Waals surface area contributed by atoms with Gasteiger partial charge in [0.25, 0.3) is 0 Å². The average Bonchev–Trinajstić information content (AvgIpc) is 2.92. The Bertz CT molecular complexity index is 703. The molecular weight excluding hydrogens is 282 g/mol. The fourth-order valence-electron chi connectivity index (χ4n) is 1.91. The predicted molar refractivity (Wildman–Crippen MR) is 66.8 cm³/mol. The Morgan fingerprint density at radius 2 is 1.76 bits per heavy atom. The van der Waals surface area contributed by atoms with E-state index in [0.717, 1.165) is 0 Å². The van der Waals surface area contributed by atoms with Gasteiger partial charge < -0.3 is 24.1 Å².